The highest BCUT2D eigenvalue weighted by Gasteiger charge is 2.39. The summed E-state index contributed by atoms with van der Waals surface area (Å²) < 4.78 is 13.6. The van der Waals surface area contributed by atoms with Gasteiger partial charge in [-0.25, -0.2) is 0 Å². The number of hydrogen-bond donors (Lipinski definition) is 2. The molecule has 5 heteroatoms. The van der Waals surface area contributed by atoms with E-state index in [9.17, 15) is 14.4 Å². The average Bonchev–Trinajstić information content (AvgIpc) is 2.93. The Kier molecular flexibility index (Phi) is 6.92. The van der Waals surface area contributed by atoms with E-state index in [0.29, 0.717) is 5.56 Å². The van der Waals surface area contributed by atoms with Crippen LogP contribution in [0.3, 0.4) is 0 Å². The zero-order valence-electron chi connectivity index (χ0n) is 19.6. The normalized spacial score (nSPS) is 11.7. The first kappa shape index (κ1) is 24.3. The molecule has 36 heavy (non-hydrogen) atoms. The van der Waals surface area contributed by atoms with Gasteiger partial charge < -0.3 is 9.79 Å². The molecule has 0 spiro atoms. The summed E-state index contributed by atoms with van der Waals surface area (Å²) in [6.45, 7) is -3.06. The van der Waals surface area contributed by atoms with Gasteiger partial charge in [-0.3, -0.25) is 4.57 Å². The molecule has 0 unspecified atom stereocenters. The summed E-state index contributed by atoms with van der Waals surface area (Å²) in [4.78, 5) is 22.2. The zero-order chi connectivity index (χ0) is 25.0. The summed E-state index contributed by atoms with van der Waals surface area (Å²) in [6.07, 6.45) is 0. The molecular formula is C31H26O3P2. The van der Waals surface area contributed by atoms with Crippen molar-refractivity contribution in [3.8, 4) is 11.1 Å². The summed E-state index contributed by atoms with van der Waals surface area (Å²) in [5.41, 5.74) is 2.51. The van der Waals surface area contributed by atoms with Gasteiger partial charge in [-0.2, -0.15) is 0 Å². The minimum atomic E-state index is -4.76. The molecule has 178 valence electrons. The standard InChI is InChI=1S/C31H26O3P2/c32-36(33,34)31(26-17-7-2-8-18-26)35(27-19-9-3-10-20-27,28-21-11-4-12-22-28)30-24-14-13-23-29(30)25-15-5-1-6-16-25/h1-24H,(H2,32,33,34). The predicted molar refractivity (Wildman–Crippen MR) is 153 cm³/mol. The van der Waals surface area contributed by atoms with Crippen LogP contribution in [-0.2, 0) is 4.57 Å². The van der Waals surface area contributed by atoms with Crippen molar-refractivity contribution in [3.05, 3.63) is 151 Å². The van der Waals surface area contributed by atoms with Crippen LogP contribution < -0.4 is 15.9 Å². The summed E-state index contributed by atoms with van der Waals surface area (Å²) in [5, 5.41) is 2.86. The van der Waals surface area contributed by atoms with Gasteiger partial charge in [0.15, 0.2) is 0 Å². The molecule has 0 atom stereocenters. The molecule has 2 N–H and O–H groups in total. The lowest BCUT2D eigenvalue weighted by Gasteiger charge is -2.34. The fourth-order valence-electron chi connectivity index (χ4n) is 4.86. The van der Waals surface area contributed by atoms with E-state index in [0.717, 1.165) is 27.0 Å². The van der Waals surface area contributed by atoms with Crippen molar-refractivity contribution in [1.82, 2.24) is 0 Å². The van der Waals surface area contributed by atoms with E-state index < -0.39 is 14.5 Å². The molecule has 0 amide bonds. The van der Waals surface area contributed by atoms with Gasteiger partial charge in [-0.1, -0.05) is 146 Å². The smallest absolute Gasteiger partial charge is 0.321 e. The minimum Gasteiger partial charge on any atom is -0.321 e. The largest absolute Gasteiger partial charge is 0.357 e. The molecule has 3 nitrogen and oxygen atoms in total. The van der Waals surface area contributed by atoms with E-state index in [1.807, 2.05) is 133 Å². The van der Waals surface area contributed by atoms with Gasteiger partial charge in [0.05, 0.1) is 5.03 Å². The van der Waals surface area contributed by atoms with Crippen LogP contribution in [0.5, 0.6) is 0 Å². The molecule has 5 aromatic carbocycles. The molecule has 0 fully saturated rings. The van der Waals surface area contributed by atoms with Gasteiger partial charge in [0.2, 0.25) is 0 Å². The molecule has 5 aromatic rings. The van der Waals surface area contributed by atoms with Gasteiger partial charge in [0, 0.05) is 0 Å². The SMILES string of the molecule is O=P(O)(O)C(c1ccccc1)=P(c1ccccc1)(c1ccccc1)c1ccccc1-c1ccccc1. The van der Waals surface area contributed by atoms with Crippen LogP contribution in [-0.4, -0.2) is 14.8 Å². The van der Waals surface area contributed by atoms with Crippen LogP contribution in [0, 0.1) is 0 Å². The highest BCUT2D eigenvalue weighted by molar-refractivity contribution is 8.06. The first-order chi connectivity index (χ1) is 17.5. The van der Waals surface area contributed by atoms with Crippen molar-refractivity contribution in [2.75, 3.05) is 0 Å². The molecule has 0 heterocycles. The Balaban J connectivity index is 2.11. The Morgan fingerprint density at radius 3 is 1.42 bits per heavy atom. The van der Waals surface area contributed by atoms with Crippen molar-refractivity contribution in [2.24, 2.45) is 0 Å². The third-order valence-corrected chi connectivity index (χ3v) is 12.9. The van der Waals surface area contributed by atoms with E-state index in [2.05, 4.69) is 0 Å². The molecule has 0 saturated carbocycles. The van der Waals surface area contributed by atoms with Gasteiger partial charge >= 0.3 is 7.60 Å². The maximum absolute atomic E-state index is 13.6. The van der Waals surface area contributed by atoms with Crippen molar-refractivity contribution in [2.45, 2.75) is 0 Å². The summed E-state index contributed by atoms with van der Waals surface area (Å²) in [5.74, 6) is 0. The van der Waals surface area contributed by atoms with Crippen LogP contribution in [0.2, 0.25) is 0 Å². The maximum atomic E-state index is 13.6. The second-order valence-electron chi connectivity index (χ2n) is 8.46. The van der Waals surface area contributed by atoms with Crippen LogP contribution in [0.15, 0.2) is 146 Å². The Bertz CT molecular complexity index is 1520. The monoisotopic (exact) mass is 508 g/mol. The Labute approximate surface area is 211 Å². The van der Waals surface area contributed by atoms with Crippen molar-refractivity contribution in [3.63, 3.8) is 0 Å². The van der Waals surface area contributed by atoms with Gasteiger partial charge in [-0.15, -0.1) is 0 Å². The van der Waals surface area contributed by atoms with Gasteiger partial charge in [0.25, 0.3) is 0 Å². The van der Waals surface area contributed by atoms with Crippen LogP contribution >= 0.6 is 14.5 Å². The fraction of sp³-hybridized carbons (Fsp3) is 0. The molecule has 0 radical (unpaired) electrons. The third-order valence-electron chi connectivity index (χ3n) is 6.26. The second-order valence-corrected chi connectivity index (χ2v) is 13.7. The number of hydrogen-bond acceptors (Lipinski definition) is 1. The Hall–Kier alpha value is -3.45. The molecule has 0 aliphatic carbocycles. The van der Waals surface area contributed by atoms with E-state index in [1.54, 1.807) is 12.1 Å². The molecule has 0 saturated heterocycles. The summed E-state index contributed by atoms with van der Waals surface area (Å²) in [6, 6.07) is 46.9. The topological polar surface area (TPSA) is 57.5 Å². The number of rotatable bonds is 6. The van der Waals surface area contributed by atoms with Crippen LogP contribution in [0.4, 0.5) is 0 Å². The highest BCUT2D eigenvalue weighted by atomic mass is 31.2. The molecule has 0 bridgehead atoms. The van der Waals surface area contributed by atoms with Crippen LogP contribution in [0.25, 0.3) is 11.1 Å². The van der Waals surface area contributed by atoms with Crippen LogP contribution in [0.1, 0.15) is 5.56 Å². The lowest BCUT2D eigenvalue weighted by molar-refractivity contribution is 0.392. The summed E-state index contributed by atoms with van der Waals surface area (Å²) in [7, 11) is -4.76. The van der Waals surface area contributed by atoms with Crippen molar-refractivity contribution < 1.29 is 14.4 Å². The van der Waals surface area contributed by atoms with E-state index in [1.165, 1.54) is 0 Å². The van der Waals surface area contributed by atoms with Gasteiger partial charge in [0.1, 0.15) is 0 Å². The molecule has 0 aromatic heterocycles. The van der Waals surface area contributed by atoms with E-state index in [4.69, 9.17) is 0 Å². The quantitative estimate of drug-likeness (QED) is 0.277. The van der Waals surface area contributed by atoms with Gasteiger partial charge in [-0.05, 0) is 39.5 Å². The Morgan fingerprint density at radius 1 is 0.500 bits per heavy atom. The summed E-state index contributed by atoms with van der Waals surface area (Å²) >= 11 is 0. The first-order valence-corrected chi connectivity index (χ1v) is 15.1. The molecule has 0 aliphatic heterocycles. The molecular weight excluding hydrogens is 482 g/mol. The Morgan fingerprint density at radius 2 is 0.917 bits per heavy atom. The fourth-order valence-corrected chi connectivity index (χ4v) is 12.1. The first-order valence-electron chi connectivity index (χ1n) is 11.7. The zero-order valence-corrected chi connectivity index (χ0v) is 21.3. The minimum absolute atomic E-state index is 0.163. The maximum Gasteiger partial charge on any atom is 0.357 e. The molecule has 5 rings (SSSR count). The third kappa shape index (κ3) is 4.44. The highest BCUT2D eigenvalue weighted by Crippen LogP contribution is 2.59. The lowest BCUT2D eigenvalue weighted by atomic mass is 10.1. The van der Waals surface area contributed by atoms with Crippen molar-refractivity contribution >= 4 is 35.4 Å². The van der Waals surface area contributed by atoms with E-state index in [-0.39, 0.29) is 5.03 Å². The number of benzene rings is 5. The van der Waals surface area contributed by atoms with E-state index >= 15 is 0 Å². The second kappa shape index (κ2) is 10.3. The molecule has 0 aliphatic rings. The average molecular weight is 508 g/mol. The predicted octanol–water partition coefficient (Wildman–Crippen LogP) is 6.00. The lowest BCUT2D eigenvalue weighted by Crippen LogP contribution is -2.32. The van der Waals surface area contributed by atoms with Crippen molar-refractivity contribution in [1.29, 1.82) is 0 Å².